The highest BCUT2D eigenvalue weighted by Gasteiger charge is 2.17. The van der Waals surface area contributed by atoms with Crippen LogP contribution in [0.25, 0.3) is 0 Å². The zero-order chi connectivity index (χ0) is 15.4. The van der Waals surface area contributed by atoms with E-state index in [9.17, 15) is 5.26 Å². The van der Waals surface area contributed by atoms with Crippen molar-refractivity contribution in [1.82, 2.24) is 10.2 Å². The first-order valence-electron chi connectivity index (χ1n) is 6.83. The summed E-state index contributed by atoms with van der Waals surface area (Å²) in [7, 11) is 1.95. The van der Waals surface area contributed by atoms with Gasteiger partial charge in [-0.3, -0.25) is 0 Å². The Morgan fingerprint density at radius 1 is 1.33 bits per heavy atom. The molecular weight excluding hydrogens is 348 g/mol. The van der Waals surface area contributed by atoms with Crippen molar-refractivity contribution in [3.05, 3.63) is 37.6 Å². The molecule has 0 amide bonds. The number of rotatable bonds is 5. The lowest BCUT2D eigenvalue weighted by atomic mass is 10.0. The molecule has 2 heterocycles. The van der Waals surface area contributed by atoms with Gasteiger partial charge in [0.1, 0.15) is 11.6 Å². The lowest BCUT2D eigenvalue weighted by molar-refractivity contribution is 0.820. The normalized spacial score (nSPS) is 10.4. The van der Waals surface area contributed by atoms with Gasteiger partial charge in [-0.15, -0.1) is 16.4 Å². The van der Waals surface area contributed by atoms with Crippen LogP contribution in [0.15, 0.2) is 15.2 Å². The van der Waals surface area contributed by atoms with Crippen LogP contribution in [0, 0.1) is 11.3 Å². The third kappa shape index (κ3) is 3.42. The zero-order valence-electron chi connectivity index (χ0n) is 12.4. The highest BCUT2D eigenvalue weighted by molar-refractivity contribution is 9.11. The molecular formula is C15H17BrN4S. The number of halogens is 1. The largest absolute Gasteiger partial charge is 0.353 e. The summed E-state index contributed by atoms with van der Waals surface area (Å²) in [5.41, 5.74) is 3.78. The van der Waals surface area contributed by atoms with E-state index in [1.807, 2.05) is 18.9 Å². The molecule has 0 aliphatic rings. The number of anilines is 1. The third-order valence-corrected chi connectivity index (χ3v) is 4.90. The van der Waals surface area contributed by atoms with Gasteiger partial charge in [-0.1, -0.05) is 13.8 Å². The molecule has 0 saturated carbocycles. The Bertz CT molecular complexity index is 675. The van der Waals surface area contributed by atoms with Gasteiger partial charge >= 0.3 is 0 Å². The molecule has 0 atom stereocenters. The second-order valence-corrected chi connectivity index (χ2v) is 7.05. The Kier molecular flexibility index (Phi) is 5.32. The van der Waals surface area contributed by atoms with Gasteiger partial charge in [0.05, 0.1) is 9.48 Å². The molecule has 0 N–H and O–H groups in total. The van der Waals surface area contributed by atoms with Crippen LogP contribution >= 0.6 is 27.3 Å². The standard InChI is InChI=1S/C15H17BrN4S/c1-4-11-12(7-17)15(19-18-13(11)5-2)20(3)8-10-6-14(16)21-9-10/h6,9H,4-5,8H2,1-3H3. The fourth-order valence-corrected chi connectivity index (χ4v) is 3.52. The maximum atomic E-state index is 9.52. The van der Waals surface area contributed by atoms with E-state index in [4.69, 9.17) is 0 Å². The van der Waals surface area contributed by atoms with Gasteiger partial charge < -0.3 is 4.90 Å². The van der Waals surface area contributed by atoms with E-state index in [1.165, 1.54) is 5.56 Å². The zero-order valence-corrected chi connectivity index (χ0v) is 14.8. The third-order valence-electron chi connectivity index (χ3n) is 3.34. The molecule has 0 saturated heterocycles. The minimum Gasteiger partial charge on any atom is -0.353 e. The van der Waals surface area contributed by atoms with Gasteiger partial charge in [0.25, 0.3) is 0 Å². The minimum atomic E-state index is 0.654. The number of thiophene rings is 1. The lowest BCUT2D eigenvalue weighted by Crippen LogP contribution is -2.21. The van der Waals surface area contributed by atoms with Crippen LogP contribution in [0.5, 0.6) is 0 Å². The van der Waals surface area contributed by atoms with Crippen molar-refractivity contribution in [3.8, 4) is 6.07 Å². The molecule has 21 heavy (non-hydrogen) atoms. The Morgan fingerprint density at radius 2 is 2.10 bits per heavy atom. The summed E-state index contributed by atoms with van der Waals surface area (Å²) >= 11 is 5.12. The summed E-state index contributed by atoms with van der Waals surface area (Å²) in [5, 5.41) is 20.2. The maximum absolute atomic E-state index is 9.52. The Hall–Kier alpha value is -1.45. The number of nitriles is 1. The molecule has 4 nitrogen and oxygen atoms in total. The lowest BCUT2D eigenvalue weighted by Gasteiger charge is -2.20. The first-order chi connectivity index (χ1) is 10.1. The topological polar surface area (TPSA) is 52.8 Å². The molecule has 0 aromatic carbocycles. The van der Waals surface area contributed by atoms with Crippen LogP contribution in [0.2, 0.25) is 0 Å². The molecule has 6 heteroatoms. The van der Waals surface area contributed by atoms with Gasteiger partial charge in [-0.2, -0.15) is 10.4 Å². The molecule has 0 radical (unpaired) electrons. The number of hydrogen-bond donors (Lipinski definition) is 0. The predicted octanol–water partition coefficient (Wildman–Crippen LogP) is 3.93. The summed E-state index contributed by atoms with van der Waals surface area (Å²) < 4.78 is 1.10. The first kappa shape index (κ1) is 15.9. The van der Waals surface area contributed by atoms with Crippen molar-refractivity contribution in [2.45, 2.75) is 33.2 Å². The number of aromatic nitrogens is 2. The van der Waals surface area contributed by atoms with E-state index in [0.29, 0.717) is 17.9 Å². The molecule has 0 fully saturated rings. The van der Waals surface area contributed by atoms with Gasteiger partial charge in [-0.25, -0.2) is 0 Å². The molecule has 2 aromatic rings. The first-order valence-corrected chi connectivity index (χ1v) is 8.50. The van der Waals surface area contributed by atoms with Crippen LogP contribution in [0.3, 0.4) is 0 Å². The second-order valence-electron chi connectivity index (χ2n) is 4.76. The number of nitrogens with zero attached hydrogens (tertiary/aromatic N) is 4. The fraction of sp³-hybridized carbons (Fsp3) is 0.400. The molecule has 0 unspecified atom stereocenters. The summed E-state index contributed by atoms with van der Waals surface area (Å²) in [5.74, 6) is 0.661. The van der Waals surface area contributed by atoms with Gasteiger partial charge in [0.15, 0.2) is 5.82 Å². The average molecular weight is 365 g/mol. The second kappa shape index (κ2) is 7.01. The van der Waals surface area contributed by atoms with E-state index >= 15 is 0 Å². The van der Waals surface area contributed by atoms with Crippen LogP contribution in [0.1, 0.15) is 36.2 Å². The SMILES string of the molecule is CCc1nnc(N(C)Cc2csc(Br)c2)c(C#N)c1CC. The van der Waals surface area contributed by atoms with Crippen molar-refractivity contribution < 1.29 is 0 Å². The molecule has 0 bridgehead atoms. The monoisotopic (exact) mass is 364 g/mol. The van der Waals surface area contributed by atoms with E-state index in [0.717, 1.165) is 27.9 Å². The van der Waals surface area contributed by atoms with Crippen LogP contribution in [-0.4, -0.2) is 17.2 Å². The quantitative estimate of drug-likeness (QED) is 0.806. The van der Waals surface area contributed by atoms with Crippen molar-refractivity contribution in [3.63, 3.8) is 0 Å². The fourth-order valence-electron chi connectivity index (χ4n) is 2.32. The van der Waals surface area contributed by atoms with E-state index < -0.39 is 0 Å². The number of hydrogen-bond acceptors (Lipinski definition) is 5. The minimum absolute atomic E-state index is 0.654. The molecule has 2 rings (SSSR count). The molecule has 110 valence electrons. The smallest absolute Gasteiger partial charge is 0.169 e. The van der Waals surface area contributed by atoms with Crippen molar-refractivity contribution in [2.75, 3.05) is 11.9 Å². The van der Waals surface area contributed by atoms with E-state index in [-0.39, 0.29) is 0 Å². The highest BCUT2D eigenvalue weighted by Crippen LogP contribution is 2.26. The van der Waals surface area contributed by atoms with E-state index in [1.54, 1.807) is 11.3 Å². The summed E-state index contributed by atoms with van der Waals surface area (Å²) in [6.07, 6.45) is 1.60. The Labute approximate surface area is 137 Å². The van der Waals surface area contributed by atoms with Crippen molar-refractivity contribution >= 4 is 33.1 Å². The molecule has 0 aliphatic heterocycles. The highest BCUT2D eigenvalue weighted by atomic mass is 79.9. The molecule has 2 aromatic heterocycles. The van der Waals surface area contributed by atoms with Gasteiger partial charge in [0, 0.05) is 13.6 Å². The Morgan fingerprint density at radius 3 is 2.62 bits per heavy atom. The van der Waals surface area contributed by atoms with Crippen LogP contribution < -0.4 is 4.90 Å². The average Bonchev–Trinajstić information content (AvgIpc) is 2.90. The molecule has 0 spiro atoms. The van der Waals surface area contributed by atoms with Crippen LogP contribution in [-0.2, 0) is 19.4 Å². The van der Waals surface area contributed by atoms with Gasteiger partial charge in [0.2, 0.25) is 0 Å². The number of aryl methyl sites for hydroxylation is 1. The predicted molar refractivity (Wildman–Crippen MR) is 89.6 cm³/mol. The van der Waals surface area contributed by atoms with Crippen molar-refractivity contribution in [1.29, 1.82) is 5.26 Å². The summed E-state index contributed by atoms with van der Waals surface area (Å²) in [6, 6.07) is 4.40. The van der Waals surface area contributed by atoms with Gasteiger partial charge in [-0.05, 0) is 51.3 Å². The summed E-state index contributed by atoms with van der Waals surface area (Å²) in [6.45, 7) is 4.80. The van der Waals surface area contributed by atoms with Crippen molar-refractivity contribution in [2.24, 2.45) is 0 Å². The van der Waals surface area contributed by atoms with E-state index in [2.05, 4.69) is 50.6 Å². The van der Waals surface area contributed by atoms with Crippen LogP contribution in [0.4, 0.5) is 5.82 Å². The molecule has 0 aliphatic carbocycles. The maximum Gasteiger partial charge on any atom is 0.169 e. The summed E-state index contributed by atoms with van der Waals surface area (Å²) in [4.78, 5) is 1.98. The Balaban J connectivity index is 2.37.